The average Bonchev–Trinajstić information content (AvgIpc) is 2.28. The number of rotatable bonds is 7. The fraction of sp³-hybridized carbons (Fsp3) is 0.571. The van der Waals surface area contributed by atoms with Crippen molar-refractivity contribution in [2.45, 2.75) is 32.7 Å². The molecule has 1 N–H and O–H groups in total. The zero-order chi connectivity index (χ0) is 13.6. The molecule has 0 heterocycles. The first-order valence-corrected chi connectivity index (χ1v) is 8.49. The molecule has 0 spiro atoms. The maximum absolute atomic E-state index is 11.4. The summed E-state index contributed by atoms with van der Waals surface area (Å²) in [7, 11) is -2.94. The molecular formula is C14H23NO2S. The third-order valence-electron chi connectivity index (χ3n) is 2.91. The third kappa shape index (κ3) is 5.65. The van der Waals surface area contributed by atoms with Gasteiger partial charge in [-0.1, -0.05) is 38.1 Å². The molecule has 0 aliphatic carbocycles. The average molecular weight is 269 g/mol. The van der Waals surface area contributed by atoms with Crippen molar-refractivity contribution in [2.24, 2.45) is 0 Å². The number of benzene rings is 1. The lowest BCUT2D eigenvalue weighted by atomic mass is 10.0. The van der Waals surface area contributed by atoms with E-state index in [1.807, 2.05) is 6.92 Å². The molecule has 0 aliphatic heterocycles. The summed E-state index contributed by atoms with van der Waals surface area (Å²) < 4.78 is 22.7. The highest BCUT2D eigenvalue weighted by Crippen LogP contribution is 2.08. The van der Waals surface area contributed by atoms with Crippen molar-refractivity contribution >= 4 is 9.84 Å². The van der Waals surface area contributed by atoms with E-state index in [1.54, 1.807) is 0 Å². The summed E-state index contributed by atoms with van der Waals surface area (Å²) in [6, 6.07) is 8.39. The zero-order valence-corrected chi connectivity index (χ0v) is 12.3. The van der Waals surface area contributed by atoms with Crippen LogP contribution in [0.3, 0.4) is 0 Å². The number of sulfone groups is 1. The molecule has 102 valence electrons. The minimum atomic E-state index is -2.94. The van der Waals surface area contributed by atoms with Gasteiger partial charge in [-0.05, 0) is 30.5 Å². The van der Waals surface area contributed by atoms with Gasteiger partial charge in [0.25, 0.3) is 0 Å². The highest BCUT2D eigenvalue weighted by Gasteiger charge is 2.14. The Hall–Kier alpha value is -0.870. The number of hydrogen-bond acceptors (Lipinski definition) is 3. The van der Waals surface area contributed by atoms with E-state index in [0.717, 1.165) is 19.4 Å². The molecule has 3 nitrogen and oxygen atoms in total. The summed E-state index contributed by atoms with van der Waals surface area (Å²) >= 11 is 0. The Morgan fingerprint density at radius 2 is 1.67 bits per heavy atom. The molecule has 0 aromatic heterocycles. The lowest BCUT2D eigenvalue weighted by Gasteiger charge is -2.17. The second kappa shape index (κ2) is 6.90. The number of nitrogens with one attached hydrogen (secondary N) is 1. The van der Waals surface area contributed by atoms with E-state index in [1.165, 1.54) is 17.4 Å². The topological polar surface area (TPSA) is 46.2 Å². The van der Waals surface area contributed by atoms with Gasteiger partial charge >= 0.3 is 0 Å². The summed E-state index contributed by atoms with van der Waals surface area (Å²) in [4.78, 5) is 0. The van der Waals surface area contributed by atoms with Crippen LogP contribution in [0.25, 0.3) is 0 Å². The molecule has 1 aromatic rings. The number of hydrogen-bond donors (Lipinski definition) is 1. The lowest BCUT2D eigenvalue weighted by molar-refractivity contribution is 0.545. The Morgan fingerprint density at radius 1 is 1.11 bits per heavy atom. The molecule has 0 radical (unpaired) electrons. The van der Waals surface area contributed by atoms with E-state index in [-0.39, 0.29) is 11.8 Å². The van der Waals surface area contributed by atoms with Crippen LogP contribution in [0.4, 0.5) is 0 Å². The molecule has 18 heavy (non-hydrogen) atoms. The van der Waals surface area contributed by atoms with Crippen LogP contribution in [0.5, 0.6) is 0 Å². The van der Waals surface area contributed by atoms with Crippen molar-refractivity contribution in [1.82, 2.24) is 5.32 Å². The second-order valence-corrected chi connectivity index (χ2v) is 6.91. The van der Waals surface area contributed by atoms with Crippen LogP contribution in [0, 0.1) is 0 Å². The van der Waals surface area contributed by atoms with Gasteiger partial charge in [-0.25, -0.2) is 8.42 Å². The monoisotopic (exact) mass is 269 g/mol. The van der Waals surface area contributed by atoms with E-state index in [0.29, 0.717) is 0 Å². The number of aryl methyl sites for hydroxylation is 1. The van der Waals surface area contributed by atoms with Gasteiger partial charge in [0.05, 0.1) is 5.75 Å². The molecule has 4 heteroatoms. The van der Waals surface area contributed by atoms with Gasteiger partial charge in [-0.15, -0.1) is 0 Å². The van der Waals surface area contributed by atoms with Crippen LogP contribution in [0.2, 0.25) is 0 Å². The summed E-state index contributed by atoms with van der Waals surface area (Å²) in [5, 5.41) is 3.24. The van der Waals surface area contributed by atoms with Crippen LogP contribution in [0.15, 0.2) is 24.3 Å². The van der Waals surface area contributed by atoms with Gasteiger partial charge < -0.3 is 5.32 Å². The summed E-state index contributed by atoms with van der Waals surface area (Å²) in [5.74, 6) is 0.191. The van der Waals surface area contributed by atoms with Gasteiger partial charge in [0.15, 0.2) is 0 Å². The maximum Gasteiger partial charge on any atom is 0.148 e. The highest BCUT2D eigenvalue weighted by atomic mass is 32.2. The summed E-state index contributed by atoms with van der Waals surface area (Å²) in [5.41, 5.74) is 2.49. The molecule has 0 bridgehead atoms. The standard InChI is InChI=1S/C14H23NO2S/c1-4-12-6-8-13(9-7-12)10-14(15-5-2)11-18(3,16)17/h6-9,14-15H,4-5,10-11H2,1-3H3. The fourth-order valence-corrected chi connectivity index (χ4v) is 3.01. The van der Waals surface area contributed by atoms with Crippen molar-refractivity contribution in [3.8, 4) is 0 Å². The smallest absolute Gasteiger partial charge is 0.148 e. The van der Waals surface area contributed by atoms with E-state index < -0.39 is 9.84 Å². The molecule has 1 unspecified atom stereocenters. The molecule has 1 rings (SSSR count). The molecule has 1 aromatic carbocycles. The van der Waals surface area contributed by atoms with Gasteiger partial charge in [-0.3, -0.25) is 0 Å². The Kier molecular flexibility index (Phi) is 5.82. The van der Waals surface area contributed by atoms with E-state index in [9.17, 15) is 8.42 Å². The van der Waals surface area contributed by atoms with Crippen molar-refractivity contribution < 1.29 is 8.42 Å². The Labute approximate surface area is 111 Å². The normalized spacial score (nSPS) is 13.5. The number of likely N-dealkylation sites (N-methyl/N-ethyl adjacent to an activating group) is 1. The van der Waals surface area contributed by atoms with Crippen LogP contribution in [0.1, 0.15) is 25.0 Å². The van der Waals surface area contributed by atoms with Gasteiger partial charge in [0.1, 0.15) is 9.84 Å². The molecule has 0 saturated carbocycles. The first kappa shape index (κ1) is 15.2. The molecule has 0 saturated heterocycles. The van der Waals surface area contributed by atoms with Crippen molar-refractivity contribution in [3.63, 3.8) is 0 Å². The largest absolute Gasteiger partial charge is 0.313 e. The van der Waals surface area contributed by atoms with Crippen molar-refractivity contribution in [2.75, 3.05) is 18.6 Å². The van der Waals surface area contributed by atoms with Gasteiger partial charge in [0.2, 0.25) is 0 Å². The summed E-state index contributed by atoms with van der Waals surface area (Å²) in [6.45, 7) is 4.91. The molecule has 0 amide bonds. The third-order valence-corrected chi connectivity index (χ3v) is 3.92. The molecule has 0 aliphatic rings. The van der Waals surface area contributed by atoms with Crippen molar-refractivity contribution in [1.29, 1.82) is 0 Å². The van der Waals surface area contributed by atoms with Gasteiger partial charge in [-0.2, -0.15) is 0 Å². The minimum Gasteiger partial charge on any atom is -0.313 e. The van der Waals surface area contributed by atoms with E-state index >= 15 is 0 Å². The quantitative estimate of drug-likeness (QED) is 0.821. The SMILES string of the molecule is CCNC(Cc1ccc(CC)cc1)CS(C)(=O)=O. The first-order valence-electron chi connectivity index (χ1n) is 6.43. The fourth-order valence-electron chi connectivity index (χ4n) is 2.04. The predicted octanol–water partition coefficient (Wildman–Crippen LogP) is 1.81. The Morgan fingerprint density at radius 3 is 2.11 bits per heavy atom. The minimum absolute atomic E-state index is 0.00234. The van der Waals surface area contributed by atoms with Crippen molar-refractivity contribution in [3.05, 3.63) is 35.4 Å². The van der Waals surface area contributed by atoms with E-state index in [2.05, 4.69) is 36.5 Å². The molecule has 1 atom stereocenters. The molecular weight excluding hydrogens is 246 g/mol. The molecule has 0 fully saturated rings. The lowest BCUT2D eigenvalue weighted by Crippen LogP contribution is -2.37. The predicted molar refractivity (Wildman–Crippen MR) is 76.7 cm³/mol. The summed E-state index contributed by atoms with van der Waals surface area (Å²) in [6.07, 6.45) is 3.07. The Balaban J connectivity index is 2.70. The van der Waals surface area contributed by atoms with E-state index in [4.69, 9.17) is 0 Å². The van der Waals surface area contributed by atoms with Crippen LogP contribution in [-0.2, 0) is 22.7 Å². The first-order chi connectivity index (χ1) is 8.44. The van der Waals surface area contributed by atoms with Crippen LogP contribution in [-0.4, -0.2) is 33.0 Å². The highest BCUT2D eigenvalue weighted by molar-refractivity contribution is 7.90. The van der Waals surface area contributed by atoms with Crippen LogP contribution < -0.4 is 5.32 Å². The van der Waals surface area contributed by atoms with Crippen LogP contribution >= 0.6 is 0 Å². The second-order valence-electron chi connectivity index (χ2n) is 4.72. The maximum atomic E-state index is 11.4. The zero-order valence-electron chi connectivity index (χ0n) is 11.4. The Bertz CT molecular complexity index is 451. The van der Waals surface area contributed by atoms with Gasteiger partial charge in [0, 0.05) is 12.3 Å².